The highest BCUT2D eigenvalue weighted by Crippen LogP contribution is 2.35. The smallest absolute Gasteiger partial charge is 0.351 e. The topological polar surface area (TPSA) is 64.2 Å². The first-order valence-corrected chi connectivity index (χ1v) is 12.0. The summed E-state index contributed by atoms with van der Waals surface area (Å²) in [5.41, 5.74) is 5.69. The molecule has 0 radical (unpaired) electrons. The second-order valence-corrected chi connectivity index (χ2v) is 9.14. The highest BCUT2D eigenvalue weighted by atomic mass is 35.5. The maximum absolute atomic E-state index is 13.3. The summed E-state index contributed by atoms with van der Waals surface area (Å²) in [5, 5.41) is 9.31. The van der Waals surface area contributed by atoms with E-state index in [1.165, 1.54) is 10.2 Å². The lowest BCUT2D eigenvalue weighted by Crippen LogP contribution is -2.23. The molecular formula is C27H23Cl2N5O. The van der Waals surface area contributed by atoms with E-state index in [9.17, 15) is 4.79 Å². The number of rotatable bonds is 6. The van der Waals surface area contributed by atoms with Gasteiger partial charge >= 0.3 is 5.69 Å². The van der Waals surface area contributed by atoms with E-state index >= 15 is 0 Å². The molecule has 176 valence electrons. The lowest BCUT2D eigenvalue weighted by molar-refractivity contribution is 0.633. The molecule has 0 saturated heterocycles. The van der Waals surface area contributed by atoms with Crippen molar-refractivity contribution in [3.8, 4) is 22.4 Å². The Balaban J connectivity index is 1.76. The van der Waals surface area contributed by atoms with Gasteiger partial charge in [0.2, 0.25) is 5.95 Å². The van der Waals surface area contributed by atoms with E-state index in [4.69, 9.17) is 28.2 Å². The molecule has 1 N–H and O–H groups in total. The number of hydrogen-bond acceptors (Lipinski definition) is 4. The SMILES string of the molecule is CCn1nc2c(-c3ccc(Cl)cc3)c(-c3ccc(Cl)cc3)nc(NCc3ccc(C)cc3)n2c1=O. The van der Waals surface area contributed by atoms with E-state index in [1.54, 1.807) is 4.40 Å². The van der Waals surface area contributed by atoms with Crippen LogP contribution in [0.15, 0.2) is 77.6 Å². The molecule has 0 saturated carbocycles. The molecule has 3 aromatic carbocycles. The first kappa shape index (κ1) is 23.1. The summed E-state index contributed by atoms with van der Waals surface area (Å²) in [6.45, 7) is 4.89. The molecule has 5 aromatic rings. The average molecular weight is 504 g/mol. The minimum Gasteiger partial charge on any atom is -0.351 e. The Hall–Kier alpha value is -3.61. The minimum absolute atomic E-state index is 0.251. The quantitative estimate of drug-likeness (QED) is 0.288. The van der Waals surface area contributed by atoms with Gasteiger partial charge in [0.25, 0.3) is 0 Å². The third-order valence-corrected chi connectivity index (χ3v) is 6.35. The number of hydrogen-bond donors (Lipinski definition) is 1. The molecule has 0 amide bonds. The summed E-state index contributed by atoms with van der Waals surface area (Å²) in [5.74, 6) is 0.424. The zero-order valence-corrected chi connectivity index (χ0v) is 20.8. The third-order valence-electron chi connectivity index (χ3n) is 5.85. The monoisotopic (exact) mass is 503 g/mol. The van der Waals surface area contributed by atoms with Crippen molar-refractivity contribution in [2.45, 2.75) is 26.9 Å². The van der Waals surface area contributed by atoms with E-state index in [-0.39, 0.29) is 5.69 Å². The van der Waals surface area contributed by atoms with Crippen LogP contribution >= 0.6 is 23.2 Å². The van der Waals surface area contributed by atoms with Gasteiger partial charge in [0.1, 0.15) is 0 Å². The molecule has 0 aliphatic rings. The van der Waals surface area contributed by atoms with Crippen LogP contribution in [-0.2, 0) is 13.1 Å². The van der Waals surface area contributed by atoms with Gasteiger partial charge in [0.05, 0.1) is 11.3 Å². The van der Waals surface area contributed by atoms with Gasteiger partial charge in [-0.3, -0.25) is 0 Å². The van der Waals surface area contributed by atoms with Gasteiger partial charge in [0.15, 0.2) is 5.65 Å². The fourth-order valence-corrected chi connectivity index (χ4v) is 4.24. The largest absolute Gasteiger partial charge is 0.353 e. The summed E-state index contributed by atoms with van der Waals surface area (Å²) < 4.78 is 2.99. The van der Waals surface area contributed by atoms with Crippen molar-refractivity contribution in [3.05, 3.63) is 104 Å². The van der Waals surface area contributed by atoms with Crippen molar-refractivity contribution in [1.82, 2.24) is 19.2 Å². The van der Waals surface area contributed by atoms with Crippen molar-refractivity contribution in [2.75, 3.05) is 5.32 Å². The fourth-order valence-electron chi connectivity index (χ4n) is 3.99. The molecule has 8 heteroatoms. The Morgan fingerprint density at radius 2 is 1.46 bits per heavy atom. The first-order chi connectivity index (χ1) is 16.9. The standard InChI is InChI=1S/C27H23Cl2N5O/c1-3-33-27(35)34-25(32-33)23(19-8-12-21(28)13-9-19)24(20-10-14-22(29)15-11-20)31-26(34)30-16-18-6-4-17(2)5-7-18/h4-15H,3,16H2,1-2H3,(H,30,31). The van der Waals surface area contributed by atoms with Gasteiger partial charge in [-0.25, -0.2) is 18.9 Å². The van der Waals surface area contributed by atoms with Crippen molar-refractivity contribution in [1.29, 1.82) is 0 Å². The number of halogens is 2. The number of anilines is 1. The summed E-state index contributed by atoms with van der Waals surface area (Å²) in [6.07, 6.45) is 0. The van der Waals surface area contributed by atoms with Gasteiger partial charge in [-0.1, -0.05) is 77.3 Å². The average Bonchev–Trinajstić information content (AvgIpc) is 3.20. The molecule has 0 unspecified atom stereocenters. The Labute approximate surface area is 212 Å². The second kappa shape index (κ2) is 9.56. The summed E-state index contributed by atoms with van der Waals surface area (Å²) in [4.78, 5) is 18.3. The third kappa shape index (κ3) is 4.55. The van der Waals surface area contributed by atoms with E-state index < -0.39 is 0 Å². The molecule has 0 aliphatic heterocycles. The Morgan fingerprint density at radius 3 is 2.06 bits per heavy atom. The van der Waals surface area contributed by atoms with Crippen LogP contribution in [0.5, 0.6) is 0 Å². The second-order valence-electron chi connectivity index (χ2n) is 8.27. The zero-order valence-electron chi connectivity index (χ0n) is 19.3. The molecule has 2 aromatic heterocycles. The predicted octanol–water partition coefficient (Wildman–Crippen LogP) is 6.47. The number of nitrogens with one attached hydrogen (secondary N) is 1. The first-order valence-electron chi connectivity index (χ1n) is 11.3. The lowest BCUT2D eigenvalue weighted by atomic mass is 10.00. The number of benzene rings is 3. The van der Waals surface area contributed by atoms with Crippen molar-refractivity contribution in [2.24, 2.45) is 0 Å². The van der Waals surface area contributed by atoms with Crippen LogP contribution in [0.1, 0.15) is 18.1 Å². The van der Waals surface area contributed by atoms with Gasteiger partial charge in [-0.15, -0.1) is 5.10 Å². The molecule has 0 fully saturated rings. The van der Waals surface area contributed by atoms with E-state index in [1.807, 2.05) is 55.5 Å². The van der Waals surface area contributed by atoms with Crippen LogP contribution in [0.3, 0.4) is 0 Å². The molecule has 0 aliphatic carbocycles. The molecule has 6 nitrogen and oxygen atoms in total. The molecular weight excluding hydrogens is 481 g/mol. The van der Waals surface area contributed by atoms with Crippen LogP contribution < -0.4 is 11.0 Å². The van der Waals surface area contributed by atoms with Crippen LogP contribution in [0, 0.1) is 6.92 Å². The van der Waals surface area contributed by atoms with Gasteiger partial charge in [0, 0.05) is 28.7 Å². The van der Waals surface area contributed by atoms with Crippen molar-refractivity contribution >= 4 is 34.8 Å². The van der Waals surface area contributed by atoms with E-state index in [2.05, 4.69) is 41.6 Å². The number of aromatic nitrogens is 4. The maximum Gasteiger partial charge on any atom is 0.353 e. The maximum atomic E-state index is 13.3. The van der Waals surface area contributed by atoms with Gasteiger partial charge < -0.3 is 5.32 Å². The minimum atomic E-state index is -0.251. The fraction of sp³-hybridized carbons (Fsp3) is 0.148. The van der Waals surface area contributed by atoms with E-state index in [0.717, 1.165) is 22.3 Å². The highest BCUT2D eigenvalue weighted by Gasteiger charge is 2.22. The Morgan fingerprint density at radius 1 is 0.857 bits per heavy atom. The van der Waals surface area contributed by atoms with Crippen molar-refractivity contribution < 1.29 is 0 Å². The van der Waals surface area contributed by atoms with Gasteiger partial charge in [-0.05, 0) is 49.2 Å². The Kier molecular flexibility index (Phi) is 6.32. The predicted molar refractivity (Wildman–Crippen MR) is 142 cm³/mol. The molecule has 35 heavy (non-hydrogen) atoms. The normalized spacial score (nSPS) is 11.2. The number of fused-ring (bicyclic) bond motifs is 1. The zero-order chi connectivity index (χ0) is 24.5. The molecule has 5 rings (SSSR count). The van der Waals surface area contributed by atoms with Crippen LogP contribution in [0.2, 0.25) is 10.0 Å². The molecule has 0 atom stereocenters. The summed E-state index contributed by atoms with van der Waals surface area (Å²) >= 11 is 12.3. The molecule has 2 heterocycles. The van der Waals surface area contributed by atoms with Crippen molar-refractivity contribution in [3.63, 3.8) is 0 Å². The number of nitrogens with zero attached hydrogens (tertiary/aromatic N) is 4. The Bertz CT molecular complexity index is 1550. The van der Waals surface area contributed by atoms with Crippen LogP contribution in [0.4, 0.5) is 5.95 Å². The van der Waals surface area contributed by atoms with Crippen LogP contribution in [-0.4, -0.2) is 19.2 Å². The number of aryl methyl sites for hydroxylation is 2. The lowest BCUT2D eigenvalue weighted by Gasteiger charge is -2.15. The van der Waals surface area contributed by atoms with Crippen LogP contribution in [0.25, 0.3) is 28.0 Å². The van der Waals surface area contributed by atoms with Gasteiger partial charge in [-0.2, -0.15) is 0 Å². The highest BCUT2D eigenvalue weighted by molar-refractivity contribution is 6.31. The molecule has 0 bridgehead atoms. The van der Waals surface area contributed by atoms with E-state index in [0.29, 0.717) is 40.4 Å². The summed E-state index contributed by atoms with van der Waals surface area (Å²) in [7, 11) is 0. The summed E-state index contributed by atoms with van der Waals surface area (Å²) in [6, 6.07) is 23.2. The molecule has 0 spiro atoms.